The summed E-state index contributed by atoms with van der Waals surface area (Å²) in [4.78, 5) is 4.24. The van der Waals surface area contributed by atoms with Gasteiger partial charge in [-0.2, -0.15) is 0 Å². The summed E-state index contributed by atoms with van der Waals surface area (Å²) in [6, 6.07) is 7.73. The highest BCUT2D eigenvalue weighted by atomic mass is 79.9. The molecule has 1 unspecified atom stereocenters. The van der Waals surface area contributed by atoms with Crippen LogP contribution in [0.5, 0.6) is 0 Å². The quantitative estimate of drug-likeness (QED) is 0.728. The van der Waals surface area contributed by atoms with Crippen LogP contribution in [0.2, 0.25) is 0 Å². The molecule has 0 amide bonds. The Morgan fingerprint density at radius 3 is 2.81 bits per heavy atom. The van der Waals surface area contributed by atoms with E-state index in [2.05, 4.69) is 26.2 Å². The average molecular weight is 281 g/mol. The van der Waals surface area contributed by atoms with Crippen molar-refractivity contribution in [3.8, 4) is 0 Å². The van der Waals surface area contributed by atoms with E-state index in [1.54, 1.807) is 0 Å². The molecule has 4 nitrogen and oxygen atoms in total. The van der Waals surface area contributed by atoms with Gasteiger partial charge < -0.3 is 11.1 Å². The van der Waals surface area contributed by atoms with Gasteiger partial charge >= 0.3 is 0 Å². The molecule has 0 aromatic heterocycles. The molecule has 5 N–H and O–H groups in total. The summed E-state index contributed by atoms with van der Waals surface area (Å²) in [5.41, 5.74) is 12.8. The normalized spacial score (nSPS) is 24.4. The molecule has 1 aliphatic heterocycles. The van der Waals surface area contributed by atoms with E-state index in [-0.39, 0.29) is 0 Å². The molecular formula is C11H13BrN4. The SMILES string of the molecule is CC1=CC(N)(c2cccc(Br)c2)N=C(N)N1. The van der Waals surface area contributed by atoms with E-state index in [0.717, 1.165) is 15.7 Å². The number of benzene rings is 1. The number of aliphatic imine (C=N–C) groups is 1. The van der Waals surface area contributed by atoms with E-state index in [0.29, 0.717) is 5.96 Å². The Labute approximate surface area is 103 Å². The summed E-state index contributed by atoms with van der Waals surface area (Å²) in [6.07, 6.45) is 1.85. The molecule has 16 heavy (non-hydrogen) atoms. The molecule has 1 heterocycles. The van der Waals surface area contributed by atoms with Crippen molar-refractivity contribution < 1.29 is 0 Å². The fourth-order valence-corrected chi connectivity index (χ4v) is 2.11. The fraction of sp³-hybridized carbons (Fsp3) is 0.182. The first-order valence-electron chi connectivity index (χ1n) is 4.86. The van der Waals surface area contributed by atoms with Crippen molar-refractivity contribution in [1.82, 2.24) is 5.32 Å². The van der Waals surface area contributed by atoms with Crippen LogP contribution in [0.25, 0.3) is 0 Å². The highest BCUT2D eigenvalue weighted by molar-refractivity contribution is 9.10. The van der Waals surface area contributed by atoms with E-state index in [1.165, 1.54) is 0 Å². The zero-order chi connectivity index (χ0) is 11.8. The van der Waals surface area contributed by atoms with Crippen molar-refractivity contribution in [3.63, 3.8) is 0 Å². The molecule has 0 radical (unpaired) electrons. The lowest BCUT2D eigenvalue weighted by molar-refractivity contribution is 0.573. The molecule has 0 bridgehead atoms. The lowest BCUT2D eigenvalue weighted by atomic mass is 9.99. The van der Waals surface area contributed by atoms with E-state index in [9.17, 15) is 0 Å². The first kappa shape index (κ1) is 11.2. The minimum atomic E-state index is -0.886. The zero-order valence-electron chi connectivity index (χ0n) is 8.87. The Balaban J connectivity index is 2.49. The maximum atomic E-state index is 6.23. The number of rotatable bonds is 1. The highest BCUT2D eigenvalue weighted by Gasteiger charge is 2.27. The van der Waals surface area contributed by atoms with Crippen molar-refractivity contribution in [2.24, 2.45) is 16.5 Å². The third-order valence-corrected chi connectivity index (χ3v) is 2.85. The lowest BCUT2D eigenvalue weighted by Gasteiger charge is -2.27. The second kappa shape index (κ2) is 3.92. The van der Waals surface area contributed by atoms with Crippen LogP contribution in [-0.4, -0.2) is 5.96 Å². The second-order valence-electron chi connectivity index (χ2n) is 3.79. The van der Waals surface area contributed by atoms with Gasteiger partial charge in [0.15, 0.2) is 11.6 Å². The Bertz CT molecular complexity index is 461. The Kier molecular flexibility index (Phi) is 2.73. The molecule has 0 saturated carbocycles. The van der Waals surface area contributed by atoms with Crippen molar-refractivity contribution in [1.29, 1.82) is 0 Å². The van der Waals surface area contributed by atoms with Crippen LogP contribution in [0.4, 0.5) is 0 Å². The molecule has 2 rings (SSSR count). The third-order valence-electron chi connectivity index (χ3n) is 2.35. The van der Waals surface area contributed by atoms with Gasteiger partial charge in [-0.1, -0.05) is 28.1 Å². The van der Waals surface area contributed by atoms with Crippen molar-refractivity contribution >= 4 is 21.9 Å². The molecule has 0 saturated heterocycles. The first-order chi connectivity index (χ1) is 7.49. The predicted octanol–water partition coefficient (Wildman–Crippen LogP) is 1.38. The second-order valence-corrected chi connectivity index (χ2v) is 4.70. The van der Waals surface area contributed by atoms with E-state index in [4.69, 9.17) is 11.5 Å². The number of halogens is 1. The monoisotopic (exact) mass is 280 g/mol. The number of allylic oxidation sites excluding steroid dienone is 1. The van der Waals surface area contributed by atoms with Gasteiger partial charge in [-0.05, 0) is 30.7 Å². The van der Waals surface area contributed by atoms with Crippen LogP contribution < -0.4 is 16.8 Å². The molecule has 1 aromatic rings. The van der Waals surface area contributed by atoms with Gasteiger partial charge in [0.25, 0.3) is 0 Å². The van der Waals surface area contributed by atoms with E-state index >= 15 is 0 Å². The molecule has 0 spiro atoms. The maximum absolute atomic E-state index is 6.23. The van der Waals surface area contributed by atoms with Gasteiger partial charge in [0.2, 0.25) is 0 Å². The molecule has 0 aliphatic carbocycles. The summed E-state index contributed by atoms with van der Waals surface area (Å²) < 4.78 is 0.966. The van der Waals surface area contributed by atoms with Gasteiger partial charge in [0, 0.05) is 10.2 Å². The maximum Gasteiger partial charge on any atom is 0.195 e. The number of nitrogens with zero attached hydrogens (tertiary/aromatic N) is 1. The van der Waals surface area contributed by atoms with Crippen molar-refractivity contribution in [3.05, 3.63) is 46.1 Å². The van der Waals surface area contributed by atoms with E-state index < -0.39 is 5.66 Å². The topological polar surface area (TPSA) is 76.4 Å². The molecule has 1 aliphatic rings. The lowest BCUT2D eigenvalue weighted by Crippen LogP contribution is -2.44. The standard InChI is InChI=1S/C11H13BrN4/c1-7-6-11(14,16-10(13)15-7)8-3-2-4-9(12)5-8/h2-6H,14H2,1H3,(H3,13,15,16). The summed E-state index contributed by atoms with van der Waals surface area (Å²) in [5, 5.41) is 2.92. The predicted molar refractivity (Wildman–Crippen MR) is 68.5 cm³/mol. The van der Waals surface area contributed by atoms with Gasteiger partial charge in [-0.25, -0.2) is 4.99 Å². The van der Waals surface area contributed by atoms with Crippen LogP contribution in [-0.2, 0) is 5.66 Å². The Morgan fingerprint density at radius 2 is 2.19 bits per heavy atom. The van der Waals surface area contributed by atoms with Crippen LogP contribution in [0.3, 0.4) is 0 Å². The minimum absolute atomic E-state index is 0.336. The average Bonchev–Trinajstić information content (AvgIpc) is 2.15. The summed E-state index contributed by atoms with van der Waals surface area (Å²) in [7, 11) is 0. The summed E-state index contributed by atoms with van der Waals surface area (Å²) in [6.45, 7) is 1.90. The Morgan fingerprint density at radius 1 is 1.44 bits per heavy atom. The molecular weight excluding hydrogens is 268 g/mol. The van der Waals surface area contributed by atoms with Gasteiger partial charge in [0.1, 0.15) is 0 Å². The fourth-order valence-electron chi connectivity index (χ4n) is 1.71. The number of hydrogen-bond acceptors (Lipinski definition) is 4. The highest BCUT2D eigenvalue weighted by Crippen LogP contribution is 2.26. The third kappa shape index (κ3) is 2.10. The van der Waals surface area contributed by atoms with Crippen molar-refractivity contribution in [2.75, 3.05) is 0 Å². The minimum Gasteiger partial charge on any atom is -0.370 e. The largest absolute Gasteiger partial charge is 0.370 e. The van der Waals surface area contributed by atoms with Crippen LogP contribution in [0.1, 0.15) is 12.5 Å². The van der Waals surface area contributed by atoms with Crippen LogP contribution >= 0.6 is 15.9 Å². The van der Waals surface area contributed by atoms with Crippen LogP contribution in [0.15, 0.2) is 45.5 Å². The van der Waals surface area contributed by atoms with Gasteiger partial charge in [0.05, 0.1) is 0 Å². The number of guanidine groups is 1. The molecule has 0 fully saturated rings. The molecule has 84 valence electrons. The smallest absolute Gasteiger partial charge is 0.195 e. The number of nitrogens with two attached hydrogens (primary N) is 2. The first-order valence-corrected chi connectivity index (χ1v) is 5.66. The van der Waals surface area contributed by atoms with Crippen molar-refractivity contribution in [2.45, 2.75) is 12.6 Å². The zero-order valence-corrected chi connectivity index (χ0v) is 10.5. The van der Waals surface area contributed by atoms with Gasteiger partial charge in [-0.3, -0.25) is 5.73 Å². The van der Waals surface area contributed by atoms with Gasteiger partial charge in [-0.15, -0.1) is 0 Å². The number of hydrogen-bond donors (Lipinski definition) is 3. The molecule has 5 heteroatoms. The molecule has 1 aromatic carbocycles. The summed E-state index contributed by atoms with van der Waals surface area (Å²) >= 11 is 3.41. The molecule has 1 atom stereocenters. The number of nitrogens with one attached hydrogen (secondary N) is 1. The summed E-state index contributed by atoms with van der Waals surface area (Å²) in [5.74, 6) is 0.336. The Hall–Kier alpha value is -1.33. The van der Waals surface area contributed by atoms with E-state index in [1.807, 2.05) is 37.3 Å². The van der Waals surface area contributed by atoms with Crippen LogP contribution in [0, 0.1) is 0 Å².